The molecule has 1 aromatic heterocycles. The number of carbonyl (C=O) groups excluding carboxylic acids is 1. The van der Waals surface area contributed by atoms with Crippen LogP contribution in [0.3, 0.4) is 0 Å². The highest BCUT2D eigenvalue weighted by atomic mass is 16.2. The third kappa shape index (κ3) is 1.78. The van der Waals surface area contributed by atoms with Gasteiger partial charge in [0.05, 0.1) is 6.42 Å². The molecule has 0 aliphatic heterocycles. The molecule has 1 rings (SSSR count). The molecule has 0 aliphatic rings. The summed E-state index contributed by atoms with van der Waals surface area (Å²) < 4.78 is 1.98. The molecule has 1 heterocycles. The second-order valence-electron chi connectivity index (χ2n) is 3.10. The number of aromatic nitrogens is 3. The maximum absolute atomic E-state index is 11.4. The smallest absolute Gasteiger partial charge is 0.300 e. The zero-order chi connectivity index (χ0) is 10.9. The Balaban J connectivity index is 3.41. The number of Topliss-reactive ketones (excluding diaryl/α,β-unsaturated/α-hetero) is 1. The molecule has 0 spiro atoms. The van der Waals surface area contributed by atoms with Crippen LogP contribution in [0.5, 0.6) is 0 Å². The van der Waals surface area contributed by atoms with E-state index >= 15 is 0 Å². The predicted molar refractivity (Wildman–Crippen MR) is 49.1 cm³/mol. The molecule has 6 heteroatoms. The Morgan fingerprint density at radius 2 is 1.93 bits per heavy atom. The summed E-state index contributed by atoms with van der Waals surface area (Å²) in [6, 6.07) is 0. The van der Waals surface area contributed by atoms with Gasteiger partial charge >= 0.3 is 5.69 Å². The number of hydrogen-bond acceptors (Lipinski definition) is 4. The Morgan fingerprint density at radius 3 is 2.43 bits per heavy atom. The van der Waals surface area contributed by atoms with Gasteiger partial charge in [-0.3, -0.25) is 14.2 Å². The third-order valence-electron chi connectivity index (χ3n) is 1.80. The van der Waals surface area contributed by atoms with Gasteiger partial charge in [-0.05, 0) is 6.92 Å². The third-order valence-corrected chi connectivity index (χ3v) is 1.80. The molecule has 0 saturated heterocycles. The van der Waals surface area contributed by atoms with E-state index in [9.17, 15) is 14.4 Å². The van der Waals surface area contributed by atoms with Gasteiger partial charge in [0.1, 0.15) is 11.5 Å². The van der Waals surface area contributed by atoms with E-state index in [0.717, 1.165) is 9.25 Å². The van der Waals surface area contributed by atoms with Crippen molar-refractivity contribution in [1.29, 1.82) is 0 Å². The average Bonchev–Trinajstić information content (AvgIpc) is 2.10. The van der Waals surface area contributed by atoms with Gasteiger partial charge in [0.2, 0.25) is 0 Å². The van der Waals surface area contributed by atoms with Gasteiger partial charge in [-0.15, -0.1) is 0 Å². The Kier molecular flexibility index (Phi) is 2.64. The zero-order valence-electron chi connectivity index (χ0n) is 8.27. The van der Waals surface area contributed by atoms with Crippen molar-refractivity contribution in [2.45, 2.75) is 13.3 Å². The molecule has 6 nitrogen and oxygen atoms in total. The van der Waals surface area contributed by atoms with Gasteiger partial charge in [-0.1, -0.05) is 0 Å². The first-order valence-electron chi connectivity index (χ1n) is 4.06. The highest BCUT2D eigenvalue weighted by molar-refractivity contribution is 5.77. The van der Waals surface area contributed by atoms with Crippen LogP contribution in [0.2, 0.25) is 0 Å². The molecular formula is C8H11N3O3. The molecule has 76 valence electrons. The summed E-state index contributed by atoms with van der Waals surface area (Å²) >= 11 is 0. The van der Waals surface area contributed by atoms with Crippen molar-refractivity contribution in [2.24, 2.45) is 14.1 Å². The largest absolute Gasteiger partial charge is 0.346 e. The van der Waals surface area contributed by atoms with E-state index < -0.39 is 11.2 Å². The lowest BCUT2D eigenvalue weighted by atomic mass is 10.2. The van der Waals surface area contributed by atoms with Gasteiger partial charge < -0.3 is 0 Å². The van der Waals surface area contributed by atoms with Gasteiger partial charge in [0.25, 0.3) is 5.56 Å². The first kappa shape index (κ1) is 10.4. The molecule has 0 fully saturated rings. The lowest BCUT2D eigenvalue weighted by Crippen LogP contribution is -2.41. The molecule has 0 N–H and O–H groups in total. The van der Waals surface area contributed by atoms with E-state index in [1.165, 1.54) is 21.0 Å². The molecular weight excluding hydrogens is 186 g/mol. The standard InChI is InChI=1S/C8H11N3O3/c1-5(12)4-6-7(13)10(2)8(14)11(3)9-6/h4H2,1-3H3. The summed E-state index contributed by atoms with van der Waals surface area (Å²) in [6.07, 6.45) is -0.0409. The van der Waals surface area contributed by atoms with Crippen LogP contribution in [-0.4, -0.2) is 20.1 Å². The summed E-state index contributed by atoms with van der Waals surface area (Å²) in [6.45, 7) is 1.37. The monoisotopic (exact) mass is 197 g/mol. The number of carbonyl (C=O) groups is 1. The van der Waals surface area contributed by atoms with Crippen LogP contribution >= 0.6 is 0 Å². The summed E-state index contributed by atoms with van der Waals surface area (Å²) in [5.41, 5.74) is -0.910. The van der Waals surface area contributed by atoms with Gasteiger partial charge in [-0.2, -0.15) is 5.10 Å². The molecule has 0 unspecified atom stereocenters. The van der Waals surface area contributed by atoms with Crippen molar-refractivity contribution in [1.82, 2.24) is 14.3 Å². The highest BCUT2D eigenvalue weighted by Crippen LogP contribution is 1.85. The fourth-order valence-corrected chi connectivity index (χ4v) is 1.11. The van der Waals surface area contributed by atoms with Gasteiger partial charge in [0, 0.05) is 14.1 Å². The predicted octanol–water partition coefficient (Wildman–Crippen LogP) is -1.39. The number of nitrogens with zero attached hydrogens (tertiary/aromatic N) is 3. The fourth-order valence-electron chi connectivity index (χ4n) is 1.11. The molecule has 0 aliphatic carbocycles. The van der Waals surface area contributed by atoms with E-state index in [4.69, 9.17) is 0 Å². The van der Waals surface area contributed by atoms with Crippen molar-refractivity contribution in [3.05, 3.63) is 26.5 Å². The Hall–Kier alpha value is -1.72. The molecule has 1 aromatic rings. The molecule has 0 saturated carbocycles. The molecule has 0 radical (unpaired) electrons. The van der Waals surface area contributed by atoms with E-state index in [1.807, 2.05) is 0 Å². The number of ketones is 1. The number of aryl methyl sites for hydroxylation is 1. The van der Waals surface area contributed by atoms with Gasteiger partial charge in [0.15, 0.2) is 0 Å². The van der Waals surface area contributed by atoms with Crippen LogP contribution in [0.25, 0.3) is 0 Å². The topological polar surface area (TPSA) is 74.0 Å². The first-order chi connectivity index (χ1) is 6.43. The molecule has 0 atom stereocenters. The minimum Gasteiger partial charge on any atom is -0.300 e. The molecule has 0 bridgehead atoms. The molecule has 0 amide bonds. The average molecular weight is 197 g/mol. The second kappa shape index (κ2) is 3.57. The van der Waals surface area contributed by atoms with E-state index in [1.54, 1.807) is 0 Å². The summed E-state index contributed by atoms with van der Waals surface area (Å²) in [7, 11) is 2.79. The van der Waals surface area contributed by atoms with Crippen LogP contribution in [0.1, 0.15) is 12.6 Å². The van der Waals surface area contributed by atoms with Crippen LogP contribution in [0.4, 0.5) is 0 Å². The highest BCUT2D eigenvalue weighted by Gasteiger charge is 2.09. The van der Waals surface area contributed by atoms with E-state index in [-0.39, 0.29) is 17.9 Å². The lowest BCUT2D eigenvalue weighted by molar-refractivity contribution is -0.116. The van der Waals surface area contributed by atoms with Crippen molar-refractivity contribution >= 4 is 5.78 Å². The SMILES string of the molecule is CC(=O)Cc1nn(C)c(=O)n(C)c1=O. The quantitative estimate of drug-likeness (QED) is 0.585. The zero-order valence-corrected chi connectivity index (χ0v) is 8.27. The van der Waals surface area contributed by atoms with Gasteiger partial charge in [-0.25, -0.2) is 9.48 Å². The molecule has 0 aromatic carbocycles. The Bertz CT molecular complexity index is 484. The minimum absolute atomic E-state index is 0.0409. The summed E-state index contributed by atoms with van der Waals surface area (Å²) in [4.78, 5) is 33.4. The Morgan fingerprint density at radius 1 is 1.36 bits per heavy atom. The van der Waals surface area contributed by atoms with Crippen molar-refractivity contribution in [2.75, 3.05) is 0 Å². The normalized spacial score (nSPS) is 10.2. The lowest BCUT2D eigenvalue weighted by Gasteiger charge is -2.03. The molecule has 14 heavy (non-hydrogen) atoms. The van der Waals surface area contributed by atoms with Crippen LogP contribution in [0, 0.1) is 0 Å². The number of rotatable bonds is 2. The first-order valence-corrected chi connectivity index (χ1v) is 4.06. The van der Waals surface area contributed by atoms with E-state index in [2.05, 4.69) is 5.10 Å². The second-order valence-corrected chi connectivity index (χ2v) is 3.10. The maximum atomic E-state index is 11.4. The fraction of sp³-hybridized carbons (Fsp3) is 0.500. The van der Waals surface area contributed by atoms with Crippen molar-refractivity contribution < 1.29 is 4.79 Å². The van der Waals surface area contributed by atoms with Crippen LogP contribution < -0.4 is 11.2 Å². The van der Waals surface area contributed by atoms with Crippen LogP contribution in [0.15, 0.2) is 9.59 Å². The number of hydrogen-bond donors (Lipinski definition) is 0. The summed E-state index contributed by atoms with van der Waals surface area (Å²) in [5, 5.41) is 3.72. The summed E-state index contributed by atoms with van der Waals surface area (Å²) in [5.74, 6) is -0.159. The van der Waals surface area contributed by atoms with E-state index in [0.29, 0.717) is 0 Å². The van der Waals surface area contributed by atoms with Crippen molar-refractivity contribution in [3.8, 4) is 0 Å². The Labute approximate surface area is 79.8 Å². The van der Waals surface area contributed by atoms with Crippen LogP contribution in [-0.2, 0) is 25.3 Å². The van der Waals surface area contributed by atoms with Crippen molar-refractivity contribution in [3.63, 3.8) is 0 Å². The maximum Gasteiger partial charge on any atom is 0.346 e. The minimum atomic E-state index is -0.511.